The molecule has 0 spiro atoms. The van der Waals surface area contributed by atoms with Gasteiger partial charge in [0.15, 0.2) is 0 Å². The van der Waals surface area contributed by atoms with Gasteiger partial charge in [-0.2, -0.15) is 0 Å². The molecule has 1 rings (SSSR count). The second-order valence-corrected chi connectivity index (χ2v) is 7.10. The molecule has 126 valence electrons. The van der Waals surface area contributed by atoms with Gasteiger partial charge in [0, 0.05) is 7.11 Å². The Morgan fingerprint density at radius 2 is 1.91 bits per heavy atom. The Hall–Kier alpha value is -1.10. The first-order valence-electron chi connectivity index (χ1n) is 7.98. The summed E-state index contributed by atoms with van der Waals surface area (Å²) >= 11 is 0. The highest BCUT2D eigenvalue weighted by atomic mass is 16.5. The first kappa shape index (κ1) is 18.9. The number of aryl methyl sites for hydroxylation is 1. The number of quaternary nitrogens is 1. The summed E-state index contributed by atoms with van der Waals surface area (Å²) in [7, 11) is 1.69. The maximum Gasteiger partial charge on any atom is 0.137 e. The molecule has 0 unspecified atom stereocenters. The summed E-state index contributed by atoms with van der Waals surface area (Å²) in [4.78, 5) is 0. The average molecular weight is 310 g/mol. The summed E-state index contributed by atoms with van der Waals surface area (Å²) < 4.78 is 10.8. The molecule has 0 aromatic heterocycles. The van der Waals surface area contributed by atoms with Gasteiger partial charge in [-0.1, -0.05) is 32.9 Å². The van der Waals surface area contributed by atoms with Gasteiger partial charge < -0.3 is 19.9 Å². The van der Waals surface area contributed by atoms with Crippen molar-refractivity contribution in [2.45, 2.75) is 52.2 Å². The molecule has 0 saturated carbocycles. The van der Waals surface area contributed by atoms with E-state index in [0.29, 0.717) is 25.8 Å². The molecule has 1 aromatic rings. The van der Waals surface area contributed by atoms with Crippen molar-refractivity contribution in [2.24, 2.45) is 0 Å². The van der Waals surface area contributed by atoms with Gasteiger partial charge in [-0.3, -0.25) is 0 Å². The third kappa shape index (κ3) is 6.34. The highest BCUT2D eigenvalue weighted by Crippen LogP contribution is 2.27. The summed E-state index contributed by atoms with van der Waals surface area (Å²) in [5.74, 6) is 0.844. The minimum atomic E-state index is -0.485. The zero-order chi connectivity index (χ0) is 16.8. The van der Waals surface area contributed by atoms with Gasteiger partial charge in [0.1, 0.15) is 31.0 Å². The van der Waals surface area contributed by atoms with Crippen molar-refractivity contribution < 1.29 is 19.9 Å². The van der Waals surface area contributed by atoms with Crippen LogP contribution in [0.15, 0.2) is 18.2 Å². The molecule has 3 N–H and O–H groups in total. The van der Waals surface area contributed by atoms with Crippen LogP contribution in [0.25, 0.3) is 0 Å². The molecule has 4 nitrogen and oxygen atoms in total. The number of aliphatic hydroxyl groups is 1. The molecular weight excluding hydrogens is 278 g/mol. The van der Waals surface area contributed by atoms with Crippen molar-refractivity contribution in [3.8, 4) is 5.75 Å². The number of hydrogen-bond donors (Lipinski definition) is 2. The van der Waals surface area contributed by atoms with Gasteiger partial charge in [-0.25, -0.2) is 0 Å². The highest BCUT2D eigenvalue weighted by Gasteiger charge is 2.16. The van der Waals surface area contributed by atoms with Gasteiger partial charge in [-0.15, -0.1) is 0 Å². The van der Waals surface area contributed by atoms with Crippen LogP contribution in [0.5, 0.6) is 5.75 Å². The number of hydrogen-bond acceptors (Lipinski definition) is 3. The van der Waals surface area contributed by atoms with Crippen molar-refractivity contribution in [1.29, 1.82) is 0 Å². The number of ether oxygens (including phenoxy) is 2. The number of rotatable bonds is 8. The lowest BCUT2D eigenvalue weighted by Gasteiger charge is -2.21. The topological polar surface area (TPSA) is 55.3 Å². The molecule has 0 heterocycles. The Labute approximate surface area is 134 Å². The monoisotopic (exact) mass is 310 g/mol. The standard InChI is InChI=1S/C18H31NO3/c1-13-9-15(18(3,4)5)7-8-17(13)22-12-16(20)10-19-14(2)11-21-6/h7-9,14,16,19-20H,10-12H2,1-6H3/p+1/t14-,16+/m0/s1. The second kappa shape index (κ2) is 8.51. The molecule has 0 aliphatic heterocycles. The predicted molar refractivity (Wildman–Crippen MR) is 89.5 cm³/mol. The molecule has 22 heavy (non-hydrogen) atoms. The number of nitrogens with two attached hydrogens (primary N) is 1. The summed E-state index contributed by atoms with van der Waals surface area (Å²) in [6.45, 7) is 12.3. The molecular formula is C18H32NO3+. The van der Waals surface area contributed by atoms with Gasteiger partial charge in [0.05, 0.1) is 6.61 Å². The van der Waals surface area contributed by atoms with E-state index in [2.05, 4.69) is 45.1 Å². The van der Waals surface area contributed by atoms with Crippen LogP contribution in [0.4, 0.5) is 0 Å². The zero-order valence-electron chi connectivity index (χ0n) is 14.8. The number of aliphatic hydroxyl groups excluding tert-OH is 1. The fraction of sp³-hybridized carbons (Fsp3) is 0.667. The van der Waals surface area contributed by atoms with E-state index in [1.54, 1.807) is 7.11 Å². The first-order chi connectivity index (χ1) is 10.2. The van der Waals surface area contributed by atoms with Gasteiger partial charge in [-0.05, 0) is 36.5 Å². The quantitative estimate of drug-likeness (QED) is 0.767. The molecule has 4 heteroatoms. The van der Waals surface area contributed by atoms with E-state index >= 15 is 0 Å². The van der Waals surface area contributed by atoms with Gasteiger partial charge in [0.25, 0.3) is 0 Å². The molecule has 0 bridgehead atoms. The first-order valence-corrected chi connectivity index (χ1v) is 7.98. The summed E-state index contributed by atoms with van der Waals surface area (Å²) in [5, 5.41) is 12.1. The minimum Gasteiger partial charge on any atom is -0.490 e. The Bertz CT molecular complexity index is 454. The zero-order valence-corrected chi connectivity index (χ0v) is 14.8. The fourth-order valence-electron chi connectivity index (χ4n) is 2.25. The van der Waals surface area contributed by atoms with Crippen molar-refractivity contribution in [3.05, 3.63) is 29.3 Å². The summed E-state index contributed by atoms with van der Waals surface area (Å²) in [5.41, 5.74) is 2.53. The Morgan fingerprint density at radius 3 is 2.45 bits per heavy atom. The molecule has 0 aliphatic rings. The van der Waals surface area contributed by atoms with Crippen LogP contribution in [-0.2, 0) is 10.2 Å². The Kier molecular flexibility index (Phi) is 7.33. The van der Waals surface area contributed by atoms with Crippen LogP contribution >= 0.6 is 0 Å². The molecule has 1 aromatic carbocycles. The molecule has 0 radical (unpaired) electrons. The lowest BCUT2D eigenvalue weighted by Crippen LogP contribution is -2.92. The van der Waals surface area contributed by atoms with Crippen molar-refractivity contribution in [3.63, 3.8) is 0 Å². The van der Waals surface area contributed by atoms with Crippen molar-refractivity contribution >= 4 is 0 Å². The largest absolute Gasteiger partial charge is 0.490 e. The Morgan fingerprint density at radius 1 is 1.23 bits per heavy atom. The fourth-order valence-corrected chi connectivity index (χ4v) is 2.25. The van der Waals surface area contributed by atoms with E-state index in [-0.39, 0.29) is 5.41 Å². The van der Waals surface area contributed by atoms with E-state index in [1.165, 1.54) is 5.56 Å². The lowest BCUT2D eigenvalue weighted by atomic mass is 9.86. The second-order valence-electron chi connectivity index (χ2n) is 7.10. The van der Waals surface area contributed by atoms with Gasteiger partial charge in [0.2, 0.25) is 0 Å². The average Bonchev–Trinajstić information content (AvgIpc) is 2.43. The molecule has 0 aliphatic carbocycles. The third-order valence-corrected chi connectivity index (χ3v) is 3.71. The summed E-state index contributed by atoms with van der Waals surface area (Å²) in [6.07, 6.45) is -0.485. The predicted octanol–water partition coefficient (Wildman–Crippen LogP) is 1.63. The molecule has 2 atom stereocenters. The maximum atomic E-state index is 10.0. The maximum absolute atomic E-state index is 10.0. The Balaban J connectivity index is 2.47. The van der Waals surface area contributed by atoms with Crippen LogP contribution in [0.1, 0.15) is 38.8 Å². The van der Waals surface area contributed by atoms with E-state index in [9.17, 15) is 5.11 Å². The SMILES string of the molecule is COC[C@H](C)[NH2+]C[C@@H](O)COc1ccc(C(C)(C)C)cc1C. The van der Waals surface area contributed by atoms with E-state index < -0.39 is 6.10 Å². The number of benzene rings is 1. The molecule has 0 amide bonds. The van der Waals surface area contributed by atoms with Gasteiger partial charge >= 0.3 is 0 Å². The van der Waals surface area contributed by atoms with Crippen LogP contribution in [0.3, 0.4) is 0 Å². The van der Waals surface area contributed by atoms with Crippen LogP contribution < -0.4 is 10.1 Å². The smallest absolute Gasteiger partial charge is 0.137 e. The van der Waals surface area contributed by atoms with E-state index in [0.717, 1.165) is 11.3 Å². The molecule has 0 fully saturated rings. The normalized spacial score (nSPS) is 14.7. The van der Waals surface area contributed by atoms with Crippen LogP contribution in [0, 0.1) is 6.92 Å². The molecule has 0 saturated heterocycles. The third-order valence-electron chi connectivity index (χ3n) is 3.71. The summed E-state index contributed by atoms with van der Waals surface area (Å²) in [6, 6.07) is 6.60. The van der Waals surface area contributed by atoms with E-state index in [4.69, 9.17) is 9.47 Å². The van der Waals surface area contributed by atoms with E-state index in [1.807, 2.05) is 13.0 Å². The minimum absolute atomic E-state index is 0.134. The highest BCUT2D eigenvalue weighted by molar-refractivity contribution is 5.38. The number of methoxy groups -OCH3 is 1. The van der Waals surface area contributed by atoms with Crippen molar-refractivity contribution in [1.82, 2.24) is 0 Å². The lowest BCUT2D eigenvalue weighted by molar-refractivity contribution is -0.693. The van der Waals surface area contributed by atoms with Crippen LogP contribution in [-0.4, -0.2) is 44.1 Å². The van der Waals surface area contributed by atoms with Crippen molar-refractivity contribution in [2.75, 3.05) is 26.9 Å². The van der Waals surface area contributed by atoms with Crippen LogP contribution in [0.2, 0.25) is 0 Å².